The maximum Gasteiger partial charge on any atom is 0.315 e. The van der Waals surface area contributed by atoms with E-state index in [0.29, 0.717) is 49.0 Å². The molecular weight excluding hydrogens is 648 g/mol. The van der Waals surface area contributed by atoms with Gasteiger partial charge in [0.2, 0.25) is 11.9 Å². The third-order valence-electron chi connectivity index (χ3n) is 10.4. The van der Waals surface area contributed by atoms with E-state index in [0.717, 1.165) is 32.4 Å². The Morgan fingerprint density at radius 3 is 2.35 bits per heavy atom. The molecule has 7 N–H and O–H groups in total. The van der Waals surface area contributed by atoms with Crippen molar-refractivity contribution >= 4 is 34.9 Å². The Kier molecular flexibility index (Phi) is 10.6. The quantitative estimate of drug-likeness (QED) is 0.116. The molecule has 14 heteroatoms. The smallest absolute Gasteiger partial charge is 0.315 e. The van der Waals surface area contributed by atoms with Gasteiger partial charge in [0.1, 0.15) is 12.2 Å². The van der Waals surface area contributed by atoms with E-state index >= 15 is 0 Å². The van der Waals surface area contributed by atoms with Gasteiger partial charge in [-0.05, 0) is 43.4 Å². The van der Waals surface area contributed by atoms with E-state index in [9.17, 15) is 19.8 Å². The van der Waals surface area contributed by atoms with Gasteiger partial charge in [-0.25, -0.2) is 9.78 Å². The lowest BCUT2D eigenvalue weighted by Gasteiger charge is -2.22. The van der Waals surface area contributed by atoms with Gasteiger partial charge in [0.15, 0.2) is 17.0 Å². The molecule has 0 bridgehead atoms. The molecule has 3 fully saturated rings. The molecule has 7 rings (SSSR count). The average molecular weight is 697 g/mol. The minimum absolute atomic E-state index is 0.0766. The van der Waals surface area contributed by atoms with Crippen molar-refractivity contribution in [2.24, 2.45) is 0 Å². The van der Waals surface area contributed by atoms with E-state index in [4.69, 9.17) is 15.0 Å². The van der Waals surface area contributed by atoms with Crippen LogP contribution in [0.4, 0.5) is 16.6 Å². The number of carbonyl (C=O) groups excluding carboxylic acids is 2. The normalized spacial score (nSPS) is 24.7. The Morgan fingerprint density at radius 1 is 0.941 bits per heavy atom. The van der Waals surface area contributed by atoms with Gasteiger partial charge >= 0.3 is 6.03 Å². The molecule has 2 aromatic heterocycles. The van der Waals surface area contributed by atoms with Gasteiger partial charge in [0, 0.05) is 50.6 Å². The lowest BCUT2D eigenvalue weighted by atomic mass is 9.88. The van der Waals surface area contributed by atoms with Crippen molar-refractivity contribution in [3.05, 3.63) is 78.1 Å². The van der Waals surface area contributed by atoms with Crippen LogP contribution in [0.5, 0.6) is 0 Å². The minimum atomic E-state index is -1.13. The standard InChI is InChI=1S/C37H48N10O4/c1-2-30(48)43-28-19-29(33(50)32(28)49)47-22-40-31-34(39-17-14-27(23-9-5-3-6-10-23)24-11-7-4-8-12-24)44-36(45-35(31)47)46-18-15-26(21-46)42-37(51)41-25-13-16-38-20-25/h3-12,22,25-29,32-33,38,49-50H,2,13-21H2,1H3,(H,43,48)(H,39,44,45)(H2,41,42,51)/t25-,26-,28+,29-,32-,33+/m1/s1. The van der Waals surface area contributed by atoms with Crippen LogP contribution in [0.25, 0.3) is 11.2 Å². The first-order valence-electron chi connectivity index (χ1n) is 18.1. The Balaban J connectivity index is 1.14. The van der Waals surface area contributed by atoms with Crippen LogP contribution in [0.2, 0.25) is 0 Å². The van der Waals surface area contributed by atoms with Crippen LogP contribution >= 0.6 is 0 Å². The molecular formula is C37H48N10O4. The van der Waals surface area contributed by atoms with Crippen LogP contribution < -0.4 is 31.5 Å². The molecule has 6 atom stereocenters. The second-order valence-electron chi connectivity index (χ2n) is 13.8. The Morgan fingerprint density at radius 2 is 1.67 bits per heavy atom. The van der Waals surface area contributed by atoms with Gasteiger partial charge in [0.25, 0.3) is 0 Å². The number of aromatic nitrogens is 4. The highest BCUT2D eigenvalue weighted by Crippen LogP contribution is 2.35. The summed E-state index contributed by atoms with van der Waals surface area (Å²) in [7, 11) is 0. The summed E-state index contributed by atoms with van der Waals surface area (Å²) in [5.74, 6) is 1.04. The highest BCUT2D eigenvalue weighted by Gasteiger charge is 2.44. The van der Waals surface area contributed by atoms with Crippen LogP contribution in [-0.2, 0) is 4.79 Å². The van der Waals surface area contributed by atoms with E-state index in [2.05, 4.69) is 80.0 Å². The first-order chi connectivity index (χ1) is 24.9. The zero-order chi connectivity index (χ0) is 35.3. The summed E-state index contributed by atoms with van der Waals surface area (Å²) in [5, 5.41) is 37.9. The number of fused-ring (bicyclic) bond motifs is 1. The fourth-order valence-electron chi connectivity index (χ4n) is 7.63. The number of amides is 3. The van der Waals surface area contributed by atoms with Crippen molar-refractivity contribution in [3.8, 4) is 0 Å². The van der Waals surface area contributed by atoms with Gasteiger partial charge in [-0.2, -0.15) is 9.97 Å². The summed E-state index contributed by atoms with van der Waals surface area (Å²) in [6, 6.07) is 19.6. The SMILES string of the molecule is CCC(=O)N[C@H]1C[C@@H](n2cnc3c(NCCC(c4ccccc4)c4ccccc4)nc(N4CC[C@@H](NC(=O)N[C@@H]5CCNC5)C4)nc32)[C@H](O)[C@@H]1O. The molecule has 1 saturated carbocycles. The molecule has 1 aliphatic carbocycles. The number of aliphatic hydroxyl groups is 2. The number of aliphatic hydroxyl groups excluding tert-OH is 2. The summed E-state index contributed by atoms with van der Waals surface area (Å²) < 4.78 is 1.79. The van der Waals surface area contributed by atoms with Crippen LogP contribution in [0.1, 0.15) is 62.1 Å². The number of benzene rings is 2. The summed E-state index contributed by atoms with van der Waals surface area (Å²) >= 11 is 0. The number of nitrogens with zero attached hydrogens (tertiary/aromatic N) is 5. The number of rotatable bonds is 12. The predicted octanol–water partition coefficient (Wildman–Crippen LogP) is 2.26. The Bertz CT molecular complexity index is 1740. The molecule has 0 unspecified atom stereocenters. The van der Waals surface area contributed by atoms with Crippen molar-refractivity contribution in [1.82, 2.24) is 40.8 Å². The number of anilines is 2. The summed E-state index contributed by atoms with van der Waals surface area (Å²) in [5.41, 5.74) is 3.53. The second-order valence-corrected chi connectivity index (χ2v) is 13.8. The monoisotopic (exact) mass is 696 g/mol. The third-order valence-corrected chi connectivity index (χ3v) is 10.4. The maximum atomic E-state index is 12.7. The van der Waals surface area contributed by atoms with Crippen molar-refractivity contribution in [2.75, 3.05) is 42.9 Å². The van der Waals surface area contributed by atoms with Gasteiger partial charge in [-0.3, -0.25) is 4.79 Å². The molecule has 2 aliphatic heterocycles. The molecule has 270 valence electrons. The molecule has 4 heterocycles. The molecule has 0 spiro atoms. The molecule has 3 aliphatic rings. The zero-order valence-electron chi connectivity index (χ0n) is 28.9. The van der Waals surface area contributed by atoms with Crippen molar-refractivity contribution in [2.45, 2.75) is 81.3 Å². The fourth-order valence-corrected chi connectivity index (χ4v) is 7.63. The summed E-state index contributed by atoms with van der Waals surface area (Å²) in [6.07, 6.45) is 2.41. The van der Waals surface area contributed by atoms with Crippen LogP contribution in [-0.4, -0.2) is 105 Å². The largest absolute Gasteiger partial charge is 0.388 e. The van der Waals surface area contributed by atoms with Gasteiger partial charge in [0.05, 0.1) is 18.4 Å². The van der Waals surface area contributed by atoms with Crippen molar-refractivity contribution in [1.29, 1.82) is 0 Å². The highest BCUT2D eigenvalue weighted by molar-refractivity contribution is 5.84. The number of carbonyl (C=O) groups is 2. The van der Waals surface area contributed by atoms with Crippen LogP contribution in [0.15, 0.2) is 67.0 Å². The first-order valence-corrected chi connectivity index (χ1v) is 18.1. The van der Waals surface area contributed by atoms with Crippen molar-refractivity contribution in [3.63, 3.8) is 0 Å². The molecule has 0 radical (unpaired) electrons. The van der Waals surface area contributed by atoms with E-state index in [1.165, 1.54) is 11.1 Å². The van der Waals surface area contributed by atoms with E-state index in [1.807, 2.05) is 12.1 Å². The number of hydrogen-bond acceptors (Lipinski definition) is 10. The molecule has 4 aromatic rings. The lowest BCUT2D eigenvalue weighted by molar-refractivity contribution is -0.122. The Labute approximate surface area is 297 Å². The second kappa shape index (κ2) is 15.6. The number of hydrogen-bond donors (Lipinski definition) is 7. The molecule has 14 nitrogen and oxygen atoms in total. The van der Waals surface area contributed by atoms with E-state index < -0.39 is 24.3 Å². The number of urea groups is 1. The summed E-state index contributed by atoms with van der Waals surface area (Å²) in [4.78, 5) is 41.7. The zero-order valence-corrected chi connectivity index (χ0v) is 28.9. The number of imidazole rings is 1. The first kappa shape index (κ1) is 34.6. The van der Waals surface area contributed by atoms with Gasteiger partial charge in [-0.15, -0.1) is 0 Å². The van der Waals surface area contributed by atoms with E-state index in [-0.39, 0.29) is 36.4 Å². The molecule has 2 aromatic carbocycles. The maximum absolute atomic E-state index is 12.7. The molecule has 3 amide bonds. The molecule has 2 saturated heterocycles. The number of nitrogens with one attached hydrogen (secondary N) is 5. The highest BCUT2D eigenvalue weighted by atomic mass is 16.3. The lowest BCUT2D eigenvalue weighted by Crippen LogP contribution is -2.47. The summed E-state index contributed by atoms with van der Waals surface area (Å²) in [6.45, 7) is 5.21. The van der Waals surface area contributed by atoms with Crippen LogP contribution in [0.3, 0.4) is 0 Å². The molecule has 51 heavy (non-hydrogen) atoms. The topological polar surface area (TPSA) is 182 Å². The average Bonchev–Trinajstić information content (AvgIpc) is 3.97. The van der Waals surface area contributed by atoms with Gasteiger partial charge in [-0.1, -0.05) is 67.6 Å². The van der Waals surface area contributed by atoms with E-state index in [1.54, 1.807) is 17.8 Å². The Hall–Kier alpha value is -4.79. The van der Waals surface area contributed by atoms with Gasteiger partial charge < -0.3 is 46.3 Å². The minimum Gasteiger partial charge on any atom is -0.388 e. The van der Waals surface area contributed by atoms with Crippen molar-refractivity contribution < 1.29 is 19.8 Å². The predicted molar refractivity (Wildman–Crippen MR) is 195 cm³/mol. The fraction of sp³-hybridized carbons (Fsp3) is 0.486. The third kappa shape index (κ3) is 7.77. The van der Waals surface area contributed by atoms with Crippen LogP contribution in [0, 0.1) is 0 Å².